The fourth-order valence-corrected chi connectivity index (χ4v) is 6.32. The number of ether oxygens (including phenoxy) is 1. The van der Waals surface area contributed by atoms with Crippen LogP contribution in [0.4, 0.5) is 10.2 Å². The second-order valence-corrected chi connectivity index (χ2v) is 12.4. The van der Waals surface area contributed by atoms with Crippen LogP contribution in [0, 0.1) is 0 Å². The van der Waals surface area contributed by atoms with E-state index in [0.29, 0.717) is 17.7 Å². The van der Waals surface area contributed by atoms with Crippen LogP contribution in [0.2, 0.25) is 5.28 Å². The first-order valence-corrected chi connectivity index (χ1v) is 14.2. The standard InChI is InChI=1S/C18H22ClFN6O8P2/c19-17-24-14(22-6-10-4-2-1-3-5-10)11-7-23-26(15(11)25-17)16-12(20)13(27)18(21,34-16)8-33-36(31,32)9-35(28,29)30/h1-5,7,12-13,16,27H,6,8-9,21H2,(H,31,32)(H,22,24,25)(H2,28,29,30)/t12-,13-,16+,18+/m0/s1. The first kappa shape index (κ1) is 27.0. The molecule has 1 aromatic carbocycles. The highest BCUT2D eigenvalue weighted by Crippen LogP contribution is 2.56. The number of aromatic nitrogens is 4. The van der Waals surface area contributed by atoms with Gasteiger partial charge in [-0.25, -0.2) is 9.07 Å². The maximum absolute atomic E-state index is 15.1. The van der Waals surface area contributed by atoms with Gasteiger partial charge in [0.25, 0.3) is 0 Å². The number of alkyl halides is 1. The number of aliphatic hydroxyl groups excluding tert-OH is 1. The second kappa shape index (κ2) is 10.0. The van der Waals surface area contributed by atoms with Gasteiger partial charge in [0.1, 0.15) is 18.5 Å². The molecule has 4 rings (SSSR count). The van der Waals surface area contributed by atoms with Crippen molar-refractivity contribution in [2.75, 3.05) is 17.8 Å². The van der Waals surface area contributed by atoms with Gasteiger partial charge in [-0.15, -0.1) is 0 Å². The third kappa shape index (κ3) is 5.92. The van der Waals surface area contributed by atoms with E-state index in [2.05, 4.69) is 24.9 Å². The van der Waals surface area contributed by atoms with Crippen LogP contribution < -0.4 is 11.1 Å². The van der Waals surface area contributed by atoms with Gasteiger partial charge in [-0.05, 0) is 17.2 Å². The summed E-state index contributed by atoms with van der Waals surface area (Å²) in [5.74, 6) is -1.19. The lowest BCUT2D eigenvalue weighted by molar-refractivity contribution is -0.122. The van der Waals surface area contributed by atoms with Gasteiger partial charge in [-0.3, -0.25) is 14.9 Å². The van der Waals surface area contributed by atoms with Gasteiger partial charge in [0.15, 0.2) is 29.7 Å². The Bertz CT molecular complexity index is 1350. The predicted molar refractivity (Wildman–Crippen MR) is 125 cm³/mol. The lowest BCUT2D eigenvalue weighted by Gasteiger charge is -2.27. The van der Waals surface area contributed by atoms with E-state index in [0.717, 1.165) is 10.2 Å². The van der Waals surface area contributed by atoms with Crippen LogP contribution in [0.5, 0.6) is 0 Å². The van der Waals surface area contributed by atoms with Crippen molar-refractivity contribution in [1.82, 2.24) is 19.7 Å². The van der Waals surface area contributed by atoms with E-state index in [9.17, 15) is 19.1 Å². The van der Waals surface area contributed by atoms with Crippen molar-refractivity contribution in [3.63, 3.8) is 0 Å². The van der Waals surface area contributed by atoms with Crippen molar-refractivity contribution < 1.29 is 42.6 Å². The maximum Gasteiger partial charge on any atom is 0.340 e. The summed E-state index contributed by atoms with van der Waals surface area (Å²) in [6.07, 6.45) is -4.59. The van der Waals surface area contributed by atoms with E-state index in [1.807, 2.05) is 30.3 Å². The zero-order valence-electron chi connectivity index (χ0n) is 18.3. The molecule has 0 bridgehead atoms. The Hall–Kier alpha value is -2.03. The topological polar surface area (TPSA) is 215 Å². The number of hydrogen-bond donors (Lipinski definition) is 6. The van der Waals surface area contributed by atoms with Crippen LogP contribution in [-0.4, -0.2) is 70.0 Å². The van der Waals surface area contributed by atoms with E-state index in [-0.39, 0.29) is 10.9 Å². The number of anilines is 1. The third-order valence-electron chi connectivity index (χ3n) is 5.24. The third-order valence-corrected chi connectivity index (χ3v) is 8.85. The van der Waals surface area contributed by atoms with Gasteiger partial charge in [0, 0.05) is 6.54 Å². The predicted octanol–water partition coefficient (Wildman–Crippen LogP) is 1.31. The molecule has 1 aliphatic rings. The molecule has 36 heavy (non-hydrogen) atoms. The lowest BCUT2D eigenvalue weighted by atomic mass is 10.1. The van der Waals surface area contributed by atoms with Crippen LogP contribution in [0.3, 0.4) is 0 Å². The largest absolute Gasteiger partial charge is 0.385 e. The molecule has 3 aromatic rings. The van der Waals surface area contributed by atoms with E-state index >= 15 is 4.39 Å². The van der Waals surface area contributed by atoms with Crippen molar-refractivity contribution in [2.24, 2.45) is 5.73 Å². The van der Waals surface area contributed by atoms with Crippen LogP contribution in [-0.2, 0) is 24.9 Å². The fraction of sp³-hybridized carbons (Fsp3) is 0.389. The molecule has 0 saturated carbocycles. The molecule has 0 aliphatic carbocycles. The molecule has 7 N–H and O–H groups in total. The second-order valence-electron chi connectivity index (χ2n) is 8.08. The van der Waals surface area contributed by atoms with Crippen molar-refractivity contribution in [2.45, 2.75) is 30.8 Å². The molecule has 0 spiro atoms. The van der Waals surface area contributed by atoms with Crippen LogP contribution in [0.25, 0.3) is 11.0 Å². The summed E-state index contributed by atoms with van der Waals surface area (Å²) >= 11 is 6.06. The van der Waals surface area contributed by atoms with E-state index in [1.165, 1.54) is 6.20 Å². The molecule has 2 aromatic heterocycles. The molecule has 14 nitrogen and oxygen atoms in total. The average molecular weight is 567 g/mol. The number of halogens is 2. The summed E-state index contributed by atoms with van der Waals surface area (Å²) in [5.41, 5.74) is 4.54. The minimum atomic E-state index is -4.92. The highest BCUT2D eigenvalue weighted by atomic mass is 35.5. The summed E-state index contributed by atoms with van der Waals surface area (Å²) in [7, 11) is -9.76. The summed E-state index contributed by atoms with van der Waals surface area (Å²) in [5, 5.41) is 17.7. The van der Waals surface area contributed by atoms with E-state index in [1.54, 1.807) is 0 Å². The minimum Gasteiger partial charge on any atom is -0.385 e. The summed E-state index contributed by atoms with van der Waals surface area (Å²) in [6, 6.07) is 9.40. The molecule has 18 heteroatoms. The summed E-state index contributed by atoms with van der Waals surface area (Å²) in [6.45, 7) is -0.671. The average Bonchev–Trinajstić information content (AvgIpc) is 3.30. The Balaban J connectivity index is 1.56. The molecule has 1 fully saturated rings. The first-order valence-electron chi connectivity index (χ1n) is 10.3. The quantitative estimate of drug-likeness (QED) is 0.159. The number of nitrogens with zero attached hydrogens (tertiary/aromatic N) is 4. The van der Waals surface area contributed by atoms with Crippen molar-refractivity contribution in [3.05, 3.63) is 47.4 Å². The van der Waals surface area contributed by atoms with E-state index in [4.69, 9.17) is 31.9 Å². The highest BCUT2D eigenvalue weighted by molar-refractivity contribution is 7.70. The molecule has 196 valence electrons. The van der Waals surface area contributed by atoms with Crippen LogP contribution >= 0.6 is 26.8 Å². The number of nitrogens with two attached hydrogens (primary N) is 1. The number of fused-ring (bicyclic) bond motifs is 1. The molecular weight excluding hydrogens is 545 g/mol. The molecule has 1 saturated heterocycles. The number of nitrogens with one attached hydrogen (secondary N) is 1. The first-order chi connectivity index (χ1) is 16.8. The highest BCUT2D eigenvalue weighted by Gasteiger charge is 2.55. The van der Waals surface area contributed by atoms with Gasteiger partial charge >= 0.3 is 15.2 Å². The molecule has 1 unspecified atom stereocenters. The Morgan fingerprint density at radius 2 is 1.94 bits per heavy atom. The van der Waals surface area contributed by atoms with Gasteiger partial charge in [0.05, 0.1) is 11.6 Å². The monoisotopic (exact) mass is 566 g/mol. The van der Waals surface area contributed by atoms with Gasteiger partial charge in [-0.1, -0.05) is 30.3 Å². The van der Waals surface area contributed by atoms with Crippen molar-refractivity contribution in [1.29, 1.82) is 0 Å². The van der Waals surface area contributed by atoms with Crippen LogP contribution in [0.15, 0.2) is 36.5 Å². The molecular formula is C18H22ClFN6O8P2. The summed E-state index contributed by atoms with van der Waals surface area (Å²) < 4.78 is 49.1. The zero-order valence-corrected chi connectivity index (χ0v) is 20.8. The number of aliphatic hydroxyl groups is 1. The van der Waals surface area contributed by atoms with E-state index < -0.39 is 51.9 Å². The number of rotatable bonds is 9. The summed E-state index contributed by atoms with van der Waals surface area (Å²) in [4.78, 5) is 35.7. The fourth-order valence-electron chi connectivity index (χ4n) is 3.57. The van der Waals surface area contributed by atoms with Crippen molar-refractivity contribution in [3.8, 4) is 0 Å². The molecule has 0 amide bonds. The lowest BCUT2D eigenvalue weighted by Crippen LogP contribution is -2.54. The van der Waals surface area contributed by atoms with Crippen molar-refractivity contribution >= 4 is 43.6 Å². The Kier molecular flexibility index (Phi) is 7.53. The Labute approximate surface area is 207 Å². The minimum absolute atomic E-state index is 0.0462. The van der Waals surface area contributed by atoms with Gasteiger partial charge in [-0.2, -0.15) is 15.1 Å². The smallest absolute Gasteiger partial charge is 0.340 e. The van der Waals surface area contributed by atoms with Crippen LogP contribution in [0.1, 0.15) is 11.8 Å². The van der Waals surface area contributed by atoms with Gasteiger partial charge in [0.2, 0.25) is 5.28 Å². The number of hydrogen-bond acceptors (Lipinski definition) is 10. The SMILES string of the molecule is N[C@]1(COP(=O)(O)CP(=O)(O)O)O[C@@H](n2ncc3c(NCc4ccccc4)nc(Cl)nc32)[C@@H](F)[C@@H]1O. The normalized spacial score (nSPS) is 26.2. The maximum atomic E-state index is 15.1. The molecule has 1 aliphatic heterocycles. The molecule has 5 atom stereocenters. The Morgan fingerprint density at radius 3 is 2.61 bits per heavy atom. The molecule has 0 radical (unpaired) electrons. The Morgan fingerprint density at radius 1 is 1.25 bits per heavy atom. The van der Waals surface area contributed by atoms with Gasteiger partial charge < -0.3 is 34.4 Å². The molecule has 3 heterocycles. The number of benzene rings is 1. The zero-order chi connectivity index (χ0) is 26.3.